The summed E-state index contributed by atoms with van der Waals surface area (Å²) in [4.78, 5) is 4.16. The Labute approximate surface area is 125 Å². The lowest BCUT2D eigenvalue weighted by molar-refractivity contribution is 0.362. The molecule has 1 heterocycles. The van der Waals surface area contributed by atoms with Crippen molar-refractivity contribution in [2.24, 2.45) is 0 Å². The topological polar surface area (TPSA) is 53.6 Å². The fraction of sp³-hybridized carbons (Fsp3) is 0.412. The fourth-order valence-electron chi connectivity index (χ4n) is 3.25. The van der Waals surface area contributed by atoms with Crippen molar-refractivity contribution in [2.75, 3.05) is 0 Å². The minimum atomic E-state index is 0.243. The molecule has 4 nitrogen and oxygen atoms in total. The van der Waals surface area contributed by atoms with Gasteiger partial charge in [-0.15, -0.1) is 0 Å². The van der Waals surface area contributed by atoms with Gasteiger partial charge in [-0.25, -0.2) is 4.98 Å². The maximum Gasteiger partial charge on any atom is 0.0991 e. The monoisotopic (exact) mass is 280 g/mol. The summed E-state index contributed by atoms with van der Waals surface area (Å²) < 4.78 is 2.21. The van der Waals surface area contributed by atoms with E-state index in [2.05, 4.69) is 33.9 Å². The van der Waals surface area contributed by atoms with Gasteiger partial charge in [-0.2, -0.15) is 5.26 Å². The summed E-state index contributed by atoms with van der Waals surface area (Å²) in [6.07, 6.45) is 9.42. The average molecular weight is 280 g/mol. The van der Waals surface area contributed by atoms with E-state index >= 15 is 0 Å². The molecule has 0 radical (unpaired) electrons. The number of imidazole rings is 1. The van der Waals surface area contributed by atoms with Gasteiger partial charge in [-0.05, 0) is 43.9 Å². The summed E-state index contributed by atoms with van der Waals surface area (Å²) in [5.41, 5.74) is 1.89. The highest BCUT2D eigenvalue weighted by Gasteiger charge is 2.29. The summed E-state index contributed by atoms with van der Waals surface area (Å²) in [6.45, 7) is 2.17. The second-order valence-electron chi connectivity index (χ2n) is 5.74. The molecule has 3 rings (SSSR count). The van der Waals surface area contributed by atoms with Gasteiger partial charge in [0.2, 0.25) is 0 Å². The number of benzene rings is 1. The summed E-state index contributed by atoms with van der Waals surface area (Å²) in [5, 5.41) is 12.7. The van der Waals surface area contributed by atoms with Crippen LogP contribution in [-0.4, -0.2) is 15.6 Å². The molecule has 1 N–H and O–H groups in total. The SMILES string of the molecule is CC(NC1CCCC1n1ccnc1)c1cccc(C#N)c1. The van der Waals surface area contributed by atoms with E-state index in [4.69, 9.17) is 5.26 Å². The smallest absolute Gasteiger partial charge is 0.0991 e. The van der Waals surface area contributed by atoms with Gasteiger partial charge in [-0.1, -0.05) is 12.1 Å². The number of nitrogens with one attached hydrogen (secondary N) is 1. The standard InChI is InChI=1S/C17H20N4/c1-13(15-5-2-4-14(10-15)11-18)20-16-6-3-7-17(16)21-9-8-19-12-21/h2,4-5,8-10,12-13,16-17,20H,3,6-7H2,1H3. The van der Waals surface area contributed by atoms with Crippen molar-refractivity contribution in [1.29, 1.82) is 5.26 Å². The van der Waals surface area contributed by atoms with Gasteiger partial charge in [0.15, 0.2) is 0 Å². The first-order valence-electron chi connectivity index (χ1n) is 7.51. The lowest BCUT2D eigenvalue weighted by atomic mass is 10.0. The van der Waals surface area contributed by atoms with Crippen molar-refractivity contribution in [3.63, 3.8) is 0 Å². The third-order valence-electron chi connectivity index (χ3n) is 4.37. The highest BCUT2D eigenvalue weighted by atomic mass is 15.1. The van der Waals surface area contributed by atoms with Crippen LogP contribution in [0.1, 0.15) is 49.4 Å². The van der Waals surface area contributed by atoms with Crippen LogP contribution in [0.2, 0.25) is 0 Å². The molecule has 21 heavy (non-hydrogen) atoms. The summed E-state index contributed by atoms with van der Waals surface area (Å²) in [5.74, 6) is 0. The van der Waals surface area contributed by atoms with Crippen LogP contribution in [0.25, 0.3) is 0 Å². The van der Waals surface area contributed by atoms with E-state index in [0.717, 1.165) is 5.56 Å². The molecule has 108 valence electrons. The zero-order valence-electron chi connectivity index (χ0n) is 12.2. The lowest BCUT2D eigenvalue weighted by Crippen LogP contribution is -2.35. The summed E-state index contributed by atoms with van der Waals surface area (Å²) >= 11 is 0. The van der Waals surface area contributed by atoms with Crippen LogP contribution in [0.4, 0.5) is 0 Å². The van der Waals surface area contributed by atoms with E-state index in [1.807, 2.05) is 36.9 Å². The first-order valence-corrected chi connectivity index (χ1v) is 7.51. The van der Waals surface area contributed by atoms with Gasteiger partial charge in [0.1, 0.15) is 0 Å². The Morgan fingerprint density at radius 3 is 3.10 bits per heavy atom. The molecule has 1 fully saturated rings. The van der Waals surface area contributed by atoms with Crippen LogP contribution in [0.15, 0.2) is 43.0 Å². The van der Waals surface area contributed by atoms with Crippen LogP contribution in [0.5, 0.6) is 0 Å². The predicted molar refractivity (Wildman–Crippen MR) is 81.6 cm³/mol. The fourth-order valence-corrected chi connectivity index (χ4v) is 3.25. The van der Waals surface area contributed by atoms with Gasteiger partial charge in [-0.3, -0.25) is 0 Å². The number of hydrogen-bond acceptors (Lipinski definition) is 3. The molecule has 0 aliphatic heterocycles. The van der Waals surface area contributed by atoms with Gasteiger partial charge < -0.3 is 9.88 Å². The summed E-state index contributed by atoms with van der Waals surface area (Å²) in [6, 6.07) is 11.2. The predicted octanol–water partition coefficient (Wildman–Crippen LogP) is 3.20. The quantitative estimate of drug-likeness (QED) is 0.935. The maximum absolute atomic E-state index is 9.01. The van der Waals surface area contributed by atoms with Crippen LogP contribution in [0.3, 0.4) is 0 Å². The largest absolute Gasteiger partial charge is 0.333 e. The molecule has 1 aromatic carbocycles. The van der Waals surface area contributed by atoms with E-state index in [-0.39, 0.29) is 6.04 Å². The molecule has 0 saturated heterocycles. The normalized spacial score (nSPS) is 22.9. The molecule has 2 aromatic rings. The Hall–Kier alpha value is -2.12. The van der Waals surface area contributed by atoms with Crippen LogP contribution in [-0.2, 0) is 0 Å². The van der Waals surface area contributed by atoms with Gasteiger partial charge in [0.05, 0.1) is 18.0 Å². The van der Waals surface area contributed by atoms with Crippen molar-refractivity contribution < 1.29 is 0 Å². The van der Waals surface area contributed by atoms with E-state index in [0.29, 0.717) is 12.1 Å². The second kappa shape index (κ2) is 6.11. The van der Waals surface area contributed by atoms with Gasteiger partial charge >= 0.3 is 0 Å². The van der Waals surface area contributed by atoms with Gasteiger partial charge in [0, 0.05) is 30.5 Å². The molecule has 1 aliphatic carbocycles. The van der Waals surface area contributed by atoms with Crippen LogP contribution >= 0.6 is 0 Å². The highest BCUT2D eigenvalue weighted by molar-refractivity contribution is 5.34. The molecule has 0 bridgehead atoms. The van der Waals surface area contributed by atoms with Crippen molar-refractivity contribution >= 4 is 0 Å². The van der Waals surface area contributed by atoms with E-state index in [1.165, 1.54) is 24.8 Å². The Morgan fingerprint density at radius 1 is 1.43 bits per heavy atom. The third kappa shape index (κ3) is 2.98. The van der Waals surface area contributed by atoms with Gasteiger partial charge in [0.25, 0.3) is 0 Å². The van der Waals surface area contributed by atoms with E-state index in [1.54, 1.807) is 0 Å². The average Bonchev–Trinajstić information content (AvgIpc) is 3.18. The lowest BCUT2D eigenvalue weighted by Gasteiger charge is -2.26. The molecular formula is C17H20N4. The minimum absolute atomic E-state index is 0.243. The molecule has 1 aliphatic rings. The number of nitriles is 1. The molecular weight excluding hydrogens is 260 g/mol. The summed E-state index contributed by atoms with van der Waals surface area (Å²) in [7, 11) is 0. The molecule has 3 atom stereocenters. The van der Waals surface area contributed by atoms with Crippen molar-refractivity contribution in [1.82, 2.24) is 14.9 Å². The Balaban J connectivity index is 1.72. The Kier molecular flexibility index (Phi) is 4.03. The van der Waals surface area contributed by atoms with Crippen molar-refractivity contribution in [2.45, 2.75) is 44.3 Å². The molecule has 0 spiro atoms. The highest BCUT2D eigenvalue weighted by Crippen LogP contribution is 2.31. The Morgan fingerprint density at radius 2 is 2.33 bits per heavy atom. The molecule has 4 heteroatoms. The van der Waals surface area contributed by atoms with Crippen LogP contribution < -0.4 is 5.32 Å². The molecule has 0 amide bonds. The number of nitrogens with zero attached hydrogens (tertiary/aromatic N) is 3. The van der Waals surface area contributed by atoms with Crippen LogP contribution in [0, 0.1) is 11.3 Å². The maximum atomic E-state index is 9.01. The van der Waals surface area contributed by atoms with Crippen molar-refractivity contribution in [3.8, 4) is 6.07 Å². The zero-order chi connectivity index (χ0) is 14.7. The Bertz CT molecular complexity index is 626. The number of hydrogen-bond donors (Lipinski definition) is 1. The third-order valence-corrected chi connectivity index (χ3v) is 4.37. The minimum Gasteiger partial charge on any atom is -0.333 e. The van der Waals surface area contributed by atoms with Crippen molar-refractivity contribution in [3.05, 3.63) is 54.1 Å². The van der Waals surface area contributed by atoms with E-state index in [9.17, 15) is 0 Å². The number of rotatable bonds is 4. The number of aromatic nitrogens is 2. The molecule has 1 aromatic heterocycles. The molecule has 3 unspecified atom stereocenters. The second-order valence-corrected chi connectivity index (χ2v) is 5.74. The molecule has 1 saturated carbocycles. The zero-order valence-corrected chi connectivity index (χ0v) is 12.2. The first kappa shape index (κ1) is 13.8. The van der Waals surface area contributed by atoms with E-state index < -0.39 is 0 Å². The first-order chi connectivity index (χ1) is 10.3.